The van der Waals surface area contributed by atoms with Crippen molar-refractivity contribution in [3.63, 3.8) is 0 Å². The van der Waals surface area contributed by atoms with Crippen LogP contribution in [0.1, 0.15) is 29.8 Å². The Bertz CT molecular complexity index is 473. The van der Waals surface area contributed by atoms with Gasteiger partial charge < -0.3 is 14.7 Å². The van der Waals surface area contributed by atoms with Gasteiger partial charge in [-0.1, -0.05) is 6.92 Å². The number of ether oxygens (including phenoxy) is 1. The summed E-state index contributed by atoms with van der Waals surface area (Å²) >= 11 is 0. The molecular weight excluding hydrogens is 252 g/mol. The molecule has 8 nitrogen and oxygen atoms in total. The van der Waals surface area contributed by atoms with Gasteiger partial charge >= 0.3 is 5.97 Å². The molecule has 19 heavy (non-hydrogen) atoms. The first kappa shape index (κ1) is 13.5. The maximum atomic E-state index is 12.1. The second kappa shape index (κ2) is 5.79. The standard InChI is InChI=1S/C11H16N4O4/c1-2-8-12-10(14-13-8)11(18)15-3-4-19-7(6-15)5-9(16)17/h7H,2-6H2,1H3,(H,16,17)(H,12,13,14). The maximum absolute atomic E-state index is 12.1. The van der Waals surface area contributed by atoms with Gasteiger partial charge in [-0.15, -0.1) is 5.10 Å². The minimum atomic E-state index is -0.939. The van der Waals surface area contributed by atoms with E-state index in [1.54, 1.807) is 0 Å². The largest absolute Gasteiger partial charge is 0.481 e. The van der Waals surface area contributed by atoms with Crippen molar-refractivity contribution >= 4 is 11.9 Å². The number of morpholine rings is 1. The minimum Gasteiger partial charge on any atom is -0.481 e. The molecule has 2 N–H and O–H groups in total. The molecule has 1 unspecified atom stereocenters. The Hall–Kier alpha value is -1.96. The molecule has 0 aromatic carbocycles. The zero-order chi connectivity index (χ0) is 13.8. The summed E-state index contributed by atoms with van der Waals surface area (Å²) in [5, 5.41) is 15.3. The highest BCUT2D eigenvalue weighted by Gasteiger charge is 2.28. The highest BCUT2D eigenvalue weighted by Crippen LogP contribution is 2.11. The number of aryl methyl sites for hydroxylation is 1. The van der Waals surface area contributed by atoms with Crippen molar-refractivity contribution in [3.05, 3.63) is 11.6 Å². The third-order valence-corrected chi connectivity index (χ3v) is 2.89. The molecule has 1 saturated heterocycles. The van der Waals surface area contributed by atoms with Crippen molar-refractivity contribution in [1.82, 2.24) is 20.1 Å². The summed E-state index contributed by atoms with van der Waals surface area (Å²) in [6.07, 6.45) is 0.0861. The van der Waals surface area contributed by atoms with E-state index in [1.807, 2.05) is 6.92 Å². The number of carbonyl (C=O) groups excluding carboxylic acids is 1. The van der Waals surface area contributed by atoms with Gasteiger partial charge in [0.15, 0.2) is 0 Å². The van der Waals surface area contributed by atoms with E-state index in [1.165, 1.54) is 4.90 Å². The van der Waals surface area contributed by atoms with Gasteiger partial charge in [-0.05, 0) is 0 Å². The van der Waals surface area contributed by atoms with Crippen LogP contribution in [0, 0.1) is 0 Å². The number of carboxylic acids is 1. The highest BCUT2D eigenvalue weighted by atomic mass is 16.5. The number of carbonyl (C=O) groups is 2. The summed E-state index contributed by atoms with van der Waals surface area (Å²) in [6, 6.07) is 0. The van der Waals surface area contributed by atoms with Gasteiger partial charge in [0.25, 0.3) is 5.91 Å². The van der Waals surface area contributed by atoms with Crippen molar-refractivity contribution in [2.24, 2.45) is 0 Å². The minimum absolute atomic E-state index is 0.113. The van der Waals surface area contributed by atoms with Crippen molar-refractivity contribution in [2.75, 3.05) is 19.7 Å². The summed E-state index contributed by atoms with van der Waals surface area (Å²) in [5.41, 5.74) is 0. The number of aliphatic carboxylic acids is 1. The number of amides is 1. The molecule has 1 atom stereocenters. The molecule has 0 aliphatic carbocycles. The quantitative estimate of drug-likeness (QED) is 0.775. The normalized spacial score (nSPS) is 19.4. The molecule has 2 rings (SSSR count). The molecule has 8 heteroatoms. The van der Waals surface area contributed by atoms with Gasteiger partial charge in [0.05, 0.1) is 19.1 Å². The number of nitrogens with one attached hydrogen (secondary N) is 1. The fourth-order valence-electron chi connectivity index (χ4n) is 1.91. The van der Waals surface area contributed by atoms with Crippen LogP contribution in [0.15, 0.2) is 0 Å². The molecule has 1 aromatic rings. The van der Waals surface area contributed by atoms with E-state index in [-0.39, 0.29) is 24.7 Å². The second-order valence-corrected chi connectivity index (χ2v) is 4.30. The van der Waals surface area contributed by atoms with Crippen LogP contribution >= 0.6 is 0 Å². The smallest absolute Gasteiger partial charge is 0.306 e. The first-order valence-corrected chi connectivity index (χ1v) is 6.14. The van der Waals surface area contributed by atoms with Crippen molar-refractivity contribution < 1.29 is 19.4 Å². The zero-order valence-electron chi connectivity index (χ0n) is 10.6. The second-order valence-electron chi connectivity index (χ2n) is 4.30. The van der Waals surface area contributed by atoms with E-state index in [0.717, 1.165) is 0 Å². The van der Waals surface area contributed by atoms with E-state index >= 15 is 0 Å². The van der Waals surface area contributed by atoms with E-state index < -0.39 is 12.1 Å². The number of aromatic amines is 1. The van der Waals surface area contributed by atoms with E-state index in [9.17, 15) is 9.59 Å². The third-order valence-electron chi connectivity index (χ3n) is 2.89. The van der Waals surface area contributed by atoms with E-state index in [2.05, 4.69) is 15.2 Å². The third kappa shape index (κ3) is 3.28. The van der Waals surface area contributed by atoms with E-state index in [0.29, 0.717) is 25.4 Å². The molecule has 1 aliphatic heterocycles. The number of H-pyrrole nitrogens is 1. The molecular formula is C11H16N4O4. The predicted octanol–water partition coefficient (Wildman–Crippen LogP) is -0.317. The summed E-state index contributed by atoms with van der Waals surface area (Å²) < 4.78 is 5.31. The topological polar surface area (TPSA) is 108 Å². The molecule has 0 bridgehead atoms. The van der Waals surface area contributed by atoms with Crippen LogP contribution in [0.4, 0.5) is 0 Å². The van der Waals surface area contributed by atoms with Crippen LogP contribution in [0.5, 0.6) is 0 Å². The first-order chi connectivity index (χ1) is 9.10. The summed E-state index contributed by atoms with van der Waals surface area (Å²) in [7, 11) is 0. The highest BCUT2D eigenvalue weighted by molar-refractivity contribution is 5.90. The van der Waals surface area contributed by atoms with Gasteiger partial charge in [-0.2, -0.15) is 0 Å². The molecule has 1 amide bonds. The SMILES string of the molecule is CCc1nc(C(=O)N2CCOC(CC(=O)O)C2)n[nH]1. The van der Waals surface area contributed by atoms with Crippen LogP contribution in [-0.2, 0) is 16.0 Å². The number of hydrogen-bond donors (Lipinski definition) is 2. The van der Waals surface area contributed by atoms with Gasteiger partial charge in [0, 0.05) is 19.5 Å². The lowest BCUT2D eigenvalue weighted by Gasteiger charge is -2.31. The summed E-state index contributed by atoms with van der Waals surface area (Å²) in [6.45, 7) is 2.91. The molecule has 104 valence electrons. The number of aromatic nitrogens is 3. The number of carboxylic acid groups (broad SMARTS) is 1. The molecule has 0 spiro atoms. The fourth-order valence-corrected chi connectivity index (χ4v) is 1.91. The van der Waals surface area contributed by atoms with Crippen LogP contribution in [-0.4, -0.2) is 62.9 Å². The average molecular weight is 268 g/mol. The van der Waals surface area contributed by atoms with Gasteiger partial charge in [-0.25, -0.2) is 4.98 Å². The molecule has 1 aromatic heterocycles. The number of hydrogen-bond acceptors (Lipinski definition) is 5. The van der Waals surface area contributed by atoms with Gasteiger partial charge in [0.1, 0.15) is 5.82 Å². The lowest BCUT2D eigenvalue weighted by molar-refractivity contribution is -0.141. The maximum Gasteiger partial charge on any atom is 0.306 e. The molecule has 0 saturated carbocycles. The Kier molecular flexibility index (Phi) is 4.10. The molecule has 1 aliphatic rings. The van der Waals surface area contributed by atoms with Crippen LogP contribution in [0.3, 0.4) is 0 Å². The Morgan fingerprint density at radius 3 is 3.00 bits per heavy atom. The lowest BCUT2D eigenvalue weighted by Crippen LogP contribution is -2.46. The average Bonchev–Trinajstić information content (AvgIpc) is 2.86. The molecule has 1 fully saturated rings. The number of rotatable bonds is 4. The monoisotopic (exact) mass is 268 g/mol. The van der Waals surface area contributed by atoms with Crippen LogP contribution in [0.25, 0.3) is 0 Å². The van der Waals surface area contributed by atoms with E-state index in [4.69, 9.17) is 9.84 Å². The van der Waals surface area contributed by atoms with Crippen LogP contribution < -0.4 is 0 Å². The van der Waals surface area contributed by atoms with Crippen LogP contribution in [0.2, 0.25) is 0 Å². The van der Waals surface area contributed by atoms with Crippen molar-refractivity contribution in [1.29, 1.82) is 0 Å². The predicted molar refractivity (Wildman–Crippen MR) is 63.7 cm³/mol. The Balaban J connectivity index is 2.00. The summed E-state index contributed by atoms with van der Waals surface area (Å²) in [5.74, 6) is -0.466. The number of nitrogens with zero attached hydrogens (tertiary/aromatic N) is 3. The van der Waals surface area contributed by atoms with Crippen molar-refractivity contribution in [2.45, 2.75) is 25.9 Å². The Labute approximate surface area is 109 Å². The van der Waals surface area contributed by atoms with Crippen molar-refractivity contribution in [3.8, 4) is 0 Å². The molecule has 2 heterocycles. The Morgan fingerprint density at radius 2 is 2.37 bits per heavy atom. The fraction of sp³-hybridized carbons (Fsp3) is 0.636. The summed E-state index contributed by atoms with van der Waals surface area (Å²) in [4.78, 5) is 28.4. The van der Waals surface area contributed by atoms with Gasteiger partial charge in [-0.3, -0.25) is 14.7 Å². The molecule has 0 radical (unpaired) electrons. The Morgan fingerprint density at radius 1 is 1.58 bits per heavy atom. The first-order valence-electron chi connectivity index (χ1n) is 6.14. The zero-order valence-corrected chi connectivity index (χ0v) is 10.6. The van der Waals surface area contributed by atoms with Gasteiger partial charge in [0.2, 0.25) is 5.82 Å². The lowest BCUT2D eigenvalue weighted by atomic mass is 10.2.